The number of thiophene rings is 1. The van der Waals surface area contributed by atoms with Crippen molar-refractivity contribution < 1.29 is 10.2 Å². The molecule has 0 aliphatic heterocycles. The predicted molar refractivity (Wildman–Crippen MR) is 70.7 cm³/mol. The lowest BCUT2D eigenvalue weighted by molar-refractivity contribution is 0.300. The number of hydrogen-bond donors (Lipinski definition) is 2. The lowest BCUT2D eigenvalue weighted by Crippen LogP contribution is -2.01. The summed E-state index contributed by atoms with van der Waals surface area (Å²) in [5.74, 6) is 6.85. The van der Waals surface area contributed by atoms with Crippen molar-refractivity contribution in [3.05, 3.63) is 21.9 Å². The Morgan fingerprint density at radius 3 is 2.94 bits per heavy atom. The Kier molecular flexibility index (Phi) is 6.58. The van der Waals surface area contributed by atoms with Crippen LogP contribution in [0.5, 0.6) is 0 Å². The molecule has 16 heavy (non-hydrogen) atoms. The number of rotatable bonds is 5. The fourth-order valence-electron chi connectivity index (χ4n) is 1.01. The van der Waals surface area contributed by atoms with E-state index in [1.807, 2.05) is 13.0 Å². The van der Waals surface area contributed by atoms with E-state index in [9.17, 15) is 0 Å². The van der Waals surface area contributed by atoms with E-state index in [4.69, 9.17) is 10.2 Å². The Hall–Kier alpha value is -0.470. The van der Waals surface area contributed by atoms with Gasteiger partial charge in [-0.2, -0.15) is 11.8 Å². The van der Waals surface area contributed by atoms with Crippen molar-refractivity contribution in [3.8, 4) is 11.8 Å². The topological polar surface area (TPSA) is 40.5 Å². The van der Waals surface area contributed by atoms with E-state index in [0.717, 1.165) is 10.6 Å². The summed E-state index contributed by atoms with van der Waals surface area (Å²) < 4.78 is 0. The van der Waals surface area contributed by atoms with Gasteiger partial charge < -0.3 is 10.2 Å². The van der Waals surface area contributed by atoms with Crippen LogP contribution in [0.15, 0.2) is 12.1 Å². The molecule has 2 N–H and O–H groups in total. The minimum Gasteiger partial charge on any atom is -0.395 e. The van der Waals surface area contributed by atoms with Crippen LogP contribution in [-0.2, 0) is 5.75 Å². The highest BCUT2D eigenvalue weighted by Crippen LogP contribution is 2.23. The van der Waals surface area contributed by atoms with Crippen LogP contribution in [0.3, 0.4) is 0 Å². The van der Waals surface area contributed by atoms with Crippen LogP contribution in [0.25, 0.3) is 0 Å². The summed E-state index contributed by atoms with van der Waals surface area (Å²) in [6.07, 6.45) is 0.531. The summed E-state index contributed by atoms with van der Waals surface area (Å²) in [5.41, 5.74) is 0. The first kappa shape index (κ1) is 13.6. The van der Waals surface area contributed by atoms with Crippen molar-refractivity contribution in [2.75, 3.05) is 13.2 Å². The average molecular weight is 256 g/mol. The molecule has 0 aliphatic rings. The zero-order valence-corrected chi connectivity index (χ0v) is 10.9. The maximum atomic E-state index is 8.90. The molecule has 1 aromatic rings. The van der Waals surface area contributed by atoms with Gasteiger partial charge in [-0.3, -0.25) is 0 Å². The van der Waals surface area contributed by atoms with Crippen molar-refractivity contribution in [2.24, 2.45) is 0 Å². The molecule has 0 fully saturated rings. The fourth-order valence-corrected chi connectivity index (χ4v) is 2.77. The summed E-state index contributed by atoms with van der Waals surface area (Å²) in [6.45, 7) is 2.36. The van der Waals surface area contributed by atoms with Gasteiger partial charge in [0.1, 0.15) is 0 Å². The van der Waals surface area contributed by atoms with Gasteiger partial charge in [0.05, 0.1) is 18.1 Å². The minimum absolute atomic E-state index is 0.120. The van der Waals surface area contributed by atoms with Gasteiger partial charge in [-0.05, 0) is 12.1 Å². The highest BCUT2D eigenvalue weighted by atomic mass is 32.2. The lowest BCUT2D eigenvalue weighted by atomic mass is 10.4. The van der Waals surface area contributed by atoms with E-state index in [1.165, 1.54) is 4.88 Å². The van der Waals surface area contributed by atoms with Crippen molar-refractivity contribution >= 4 is 23.1 Å². The molecule has 2 nitrogen and oxygen atoms in total. The SMILES string of the molecule is CC(CO)SCc1ccc(C#CCCO)s1. The van der Waals surface area contributed by atoms with Gasteiger partial charge >= 0.3 is 0 Å². The Balaban J connectivity index is 2.43. The maximum Gasteiger partial charge on any atom is 0.0771 e. The van der Waals surface area contributed by atoms with E-state index in [2.05, 4.69) is 17.9 Å². The summed E-state index contributed by atoms with van der Waals surface area (Å²) in [5, 5.41) is 17.8. The fraction of sp³-hybridized carbons (Fsp3) is 0.500. The minimum atomic E-state index is 0.120. The van der Waals surface area contributed by atoms with Gasteiger partial charge in [-0.15, -0.1) is 11.3 Å². The van der Waals surface area contributed by atoms with Crippen LogP contribution in [0.1, 0.15) is 23.1 Å². The molecule has 1 heterocycles. The first-order valence-electron chi connectivity index (χ1n) is 5.17. The van der Waals surface area contributed by atoms with Gasteiger partial charge in [0.2, 0.25) is 0 Å². The Bertz CT molecular complexity index is 363. The van der Waals surface area contributed by atoms with Crippen molar-refractivity contribution in [3.63, 3.8) is 0 Å². The normalized spacial score (nSPS) is 11.9. The van der Waals surface area contributed by atoms with E-state index < -0.39 is 0 Å². The van der Waals surface area contributed by atoms with Gasteiger partial charge in [-0.1, -0.05) is 18.8 Å². The second-order valence-corrected chi connectivity index (χ2v) is 5.94. The average Bonchev–Trinajstić information content (AvgIpc) is 2.74. The number of aliphatic hydroxyl groups is 2. The van der Waals surface area contributed by atoms with Crippen molar-refractivity contribution in [1.82, 2.24) is 0 Å². The Labute approximate surface area is 105 Å². The second kappa shape index (κ2) is 7.75. The molecule has 1 atom stereocenters. The maximum absolute atomic E-state index is 8.90. The number of thioether (sulfide) groups is 1. The third kappa shape index (κ3) is 5.04. The van der Waals surface area contributed by atoms with Gasteiger partial charge in [0.25, 0.3) is 0 Å². The van der Waals surface area contributed by atoms with Crippen LogP contribution in [-0.4, -0.2) is 28.7 Å². The molecule has 4 heteroatoms. The van der Waals surface area contributed by atoms with E-state index in [1.54, 1.807) is 23.1 Å². The van der Waals surface area contributed by atoms with Crippen LogP contribution < -0.4 is 0 Å². The molecule has 1 rings (SSSR count). The molecule has 1 aromatic heterocycles. The quantitative estimate of drug-likeness (QED) is 0.793. The monoisotopic (exact) mass is 256 g/mol. The summed E-state index contributed by atoms with van der Waals surface area (Å²) in [4.78, 5) is 2.32. The third-order valence-electron chi connectivity index (χ3n) is 1.88. The molecule has 0 aliphatic carbocycles. The Morgan fingerprint density at radius 2 is 2.25 bits per heavy atom. The zero-order chi connectivity index (χ0) is 11.8. The first-order valence-corrected chi connectivity index (χ1v) is 7.03. The van der Waals surface area contributed by atoms with Crippen LogP contribution in [0.2, 0.25) is 0 Å². The molecule has 0 spiro atoms. The van der Waals surface area contributed by atoms with Gasteiger partial charge in [-0.25, -0.2) is 0 Å². The molecule has 0 amide bonds. The smallest absolute Gasteiger partial charge is 0.0771 e. The summed E-state index contributed by atoms with van der Waals surface area (Å²) in [7, 11) is 0. The highest BCUT2D eigenvalue weighted by Gasteiger charge is 2.03. The molecule has 88 valence electrons. The van der Waals surface area contributed by atoms with Crippen molar-refractivity contribution in [2.45, 2.75) is 24.3 Å². The van der Waals surface area contributed by atoms with E-state index in [0.29, 0.717) is 6.42 Å². The van der Waals surface area contributed by atoms with Crippen LogP contribution >= 0.6 is 23.1 Å². The van der Waals surface area contributed by atoms with Crippen LogP contribution in [0, 0.1) is 11.8 Å². The number of hydrogen-bond acceptors (Lipinski definition) is 4. The zero-order valence-electron chi connectivity index (χ0n) is 9.27. The summed E-state index contributed by atoms with van der Waals surface area (Å²) in [6, 6.07) is 4.08. The second-order valence-electron chi connectivity index (χ2n) is 3.35. The summed E-state index contributed by atoms with van der Waals surface area (Å²) >= 11 is 3.42. The standard InChI is InChI=1S/C12H16O2S2/c1-10(8-14)15-9-12-6-5-11(16-12)4-2-3-7-13/h5-6,10,13-14H,3,7-9H2,1H3. The van der Waals surface area contributed by atoms with Crippen molar-refractivity contribution in [1.29, 1.82) is 0 Å². The molecule has 0 radical (unpaired) electrons. The highest BCUT2D eigenvalue weighted by molar-refractivity contribution is 7.99. The molecular formula is C12H16O2S2. The van der Waals surface area contributed by atoms with Gasteiger partial charge in [0, 0.05) is 22.3 Å². The molecule has 1 unspecified atom stereocenters. The Morgan fingerprint density at radius 1 is 1.44 bits per heavy atom. The predicted octanol–water partition coefficient (Wildman–Crippen LogP) is 2.10. The van der Waals surface area contributed by atoms with E-state index >= 15 is 0 Å². The lowest BCUT2D eigenvalue weighted by Gasteiger charge is -2.04. The third-order valence-corrected chi connectivity index (χ3v) is 4.26. The largest absolute Gasteiger partial charge is 0.395 e. The molecule has 0 saturated heterocycles. The molecule has 0 aromatic carbocycles. The van der Waals surface area contributed by atoms with Crippen LogP contribution in [0.4, 0.5) is 0 Å². The molecular weight excluding hydrogens is 240 g/mol. The number of aliphatic hydroxyl groups excluding tert-OH is 2. The van der Waals surface area contributed by atoms with Gasteiger partial charge in [0.15, 0.2) is 0 Å². The first-order chi connectivity index (χ1) is 7.76. The molecule has 0 bridgehead atoms. The molecule has 0 saturated carbocycles. The van der Waals surface area contributed by atoms with E-state index in [-0.39, 0.29) is 18.5 Å².